The summed E-state index contributed by atoms with van der Waals surface area (Å²) in [5, 5.41) is 21.8. The van der Waals surface area contributed by atoms with E-state index < -0.39 is 17.8 Å². The highest BCUT2D eigenvalue weighted by molar-refractivity contribution is 7.97. The minimum atomic E-state index is -4.43. The van der Waals surface area contributed by atoms with Crippen LogP contribution < -0.4 is 5.32 Å². The van der Waals surface area contributed by atoms with Gasteiger partial charge in [0.1, 0.15) is 17.3 Å². The van der Waals surface area contributed by atoms with Gasteiger partial charge in [0.05, 0.1) is 17.7 Å². The van der Waals surface area contributed by atoms with Gasteiger partial charge < -0.3 is 15.4 Å². The number of nitrogens with zero attached hydrogens (tertiary/aromatic N) is 5. The quantitative estimate of drug-likeness (QED) is 0.307. The molecule has 4 aromatic rings. The first-order valence-corrected chi connectivity index (χ1v) is 12.4. The Kier molecular flexibility index (Phi) is 7.13. The van der Waals surface area contributed by atoms with Gasteiger partial charge in [-0.15, -0.1) is 10.2 Å². The number of aromatic nitrogens is 5. The smallest absolute Gasteiger partial charge is 0.390 e. The molecule has 8 nitrogen and oxygen atoms in total. The van der Waals surface area contributed by atoms with E-state index in [9.17, 15) is 18.3 Å². The van der Waals surface area contributed by atoms with Crippen LogP contribution in [0.3, 0.4) is 0 Å². The van der Waals surface area contributed by atoms with Gasteiger partial charge in [-0.1, -0.05) is 12.1 Å². The molecule has 0 bridgehead atoms. The van der Waals surface area contributed by atoms with E-state index in [1.54, 1.807) is 18.1 Å². The summed E-state index contributed by atoms with van der Waals surface area (Å²) in [6.45, 7) is 2.95. The number of aryl methyl sites for hydroxylation is 1. The number of hydrogen-bond acceptors (Lipinski definition) is 8. The summed E-state index contributed by atoms with van der Waals surface area (Å²) >= 11 is 1.56. The van der Waals surface area contributed by atoms with Gasteiger partial charge in [-0.05, 0) is 72.8 Å². The number of H-pyrrole nitrogens is 1. The number of aromatic amines is 1. The molecule has 1 aromatic carbocycles. The van der Waals surface area contributed by atoms with E-state index in [2.05, 4.69) is 34.8 Å². The van der Waals surface area contributed by atoms with E-state index in [1.165, 1.54) is 6.07 Å². The van der Waals surface area contributed by atoms with Gasteiger partial charge in [-0.3, -0.25) is 4.98 Å². The fourth-order valence-electron chi connectivity index (χ4n) is 4.05. The molecule has 0 aliphatic carbocycles. The minimum Gasteiger partial charge on any atom is -0.390 e. The highest BCUT2D eigenvalue weighted by atomic mass is 32.2. The molecule has 12 heteroatoms. The van der Waals surface area contributed by atoms with Crippen LogP contribution in [0.5, 0.6) is 0 Å². The molecular formula is C25H24F3N7OS. The van der Waals surface area contributed by atoms with Crippen molar-refractivity contribution in [3.63, 3.8) is 0 Å². The van der Waals surface area contributed by atoms with Crippen molar-refractivity contribution in [2.24, 2.45) is 0 Å². The summed E-state index contributed by atoms with van der Waals surface area (Å²) in [6, 6.07) is 14.0. The number of alkyl halides is 3. The van der Waals surface area contributed by atoms with Crippen molar-refractivity contribution in [1.29, 1.82) is 0 Å². The Hall–Kier alpha value is -3.48. The van der Waals surface area contributed by atoms with Gasteiger partial charge in [0.2, 0.25) is 0 Å². The number of anilines is 1. The molecule has 2 unspecified atom stereocenters. The number of β-amino-alcohol motifs (C(OH)–C–C–N with tert-alkyl or cyclic N) is 1. The first-order chi connectivity index (χ1) is 17.7. The molecule has 1 aliphatic rings. The number of pyridine rings is 2. The molecular weight excluding hydrogens is 503 g/mol. The van der Waals surface area contributed by atoms with E-state index in [-0.39, 0.29) is 6.04 Å². The molecule has 0 spiro atoms. The van der Waals surface area contributed by atoms with Gasteiger partial charge in [0, 0.05) is 30.4 Å². The summed E-state index contributed by atoms with van der Waals surface area (Å²) in [7, 11) is 0. The molecule has 5 rings (SSSR count). The van der Waals surface area contributed by atoms with Crippen molar-refractivity contribution in [2.75, 3.05) is 18.4 Å². The first-order valence-electron chi connectivity index (χ1n) is 11.6. The minimum absolute atomic E-state index is 0.294. The highest BCUT2D eigenvalue weighted by Gasteiger charge is 2.31. The summed E-state index contributed by atoms with van der Waals surface area (Å²) in [5.41, 5.74) is 1.96. The Bertz CT molecular complexity index is 1350. The fourth-order valence-corrected chi connectivity index (χ4v) is 5.03. The van der Waals surface area contributed by atoms with Crippen LogP contribution >= 0.6 is 11.9 Å². The topological polar surface area (TPSA) is 103 Å². The number of aliphatic hydroxyl groups excluding tert-OH is 1. The predicted molar refractivity (Wildman–Crippen MR) is 134 cm³/mol. The SMILES string of the molecule is Cc1nnc(-c2cc(-c3ccc(SN4CCC(Nc5ccc(C(F)(F)F)cn5)C(O)C4)cc3)ccn2)[nH]1. The van der Waals surface area contributed by atoms with Crippen LogP contribution in [0.15, 0.2) is 65.8 Å². The van der Waals surface area contributed by atoms with Crippen LogP contribution in [0.25, 0.3) is 22.6 Å². The molecule has 3 N–H and O–H groups in total. The Labute approximate surface area is 215 Å². The number of hydrogen-bond donors (Lipinski definition) is 3. The summed E-state index contributed by atoms with van der Waals surface area (Å²) < 4.78 is 40.3. The molecule has 4 heterocycles. The van der Waals surface area contributed by atoms with E-state index in [0.29, 0.717) is 36.8 Å². The fraction of sp³-hybridized carbons (Fsp3) is 0.280. The Balaban J connectivity index is 1.17. The van der Waals surface area contributed by atoms with Crippen molar-refractivity contribution < 1.29 is 18.3 Å². The zero-order valence-electron chi connectivity index (χ0n) is 19.8. The van der Waals surface area contributed by atoms with Crippen molar-refractivity contribution in [1.82, 2.24) is 29.5 Å². The predicted octanol–water partition coefficient (Wildman–Crippen LogP) is 4.81. The largest absolute Gasteiger partial charge is 0.417 e. The number of rotatable bonds is 6. The van der Waals surface area contributed by atoms with Crippen LogP contribution in [0.4, 0.5) is 19.0 Å². The van der Waals surface area contributed by atoms with E-state index in [0.717, 1.165) is 34.1 Å². The maximum Gasteiger partial charge on any atom is 0.417 e. The van der Waals surface area contributed by atoms with Gasteiger partial charge >= 0.3 is 6.18 Å². The molecule has 0 saturated carbocycles. The molecule has 192 valence electrons. The molecule has 1 fully saturated rings. The van der Waals surface area contributed by atoms with Gasteiger partial charge in [0.15, 0.2) is 5.82 Å². The van der Waals surface area contributed by atoms with E-state index in [4.69, 9.17) is 0 Å². The van der Waals surface area contributed by atoms with Crippen LogP contribution in [0.2, 0.25) is 0 Å². The van der Waals surface area contributed by atoms with Gasteiger partial charge in [0.25, 0.3) is 0 Å². The number of aliphatic hydroxyl groups is 1. The van der Waals surface area contributed by atoms with Crippen molar-refractivity contribution in [2.45, 2.75) is 36.6 Å². The van der Waals surface area contributed by atoms with Crippen LogP contribution in [0, 0.1) is 6.92 Å². The summed E-state index contributed by atoms with van der Waals surface area (Å²) in [4.78, 5) is 12.3. The molecule has 0 radical (unpaired) electrons. The van der Waals surface area contributed by atoms with E-state index >= 15 is 0 Å². The lowest BCUT2D eigenvalue weighted by atomic mass is 10.0. The maximum atomic E-state index is 12.7. The molecule has 1 aliphatic heterocycles. The van der Waals surface area contributed by atoms with Gasteiger partial charge in [-0.25, -0.2) is 9.29 Å². The average molecular weight is 528 g/mol. The molecule has 2 atom stereocenters. The average Bonchev–Trinajstić information content (AvgIpc) is 3.32. The third-order valence-electron chi connectivity index (χ3n) is 5.99. The zero-order valence-corrected chi connectivity index (χ0v) is 20.6. The van der Waals surface area contributed by atoms with Crippen molar-refractivity contribution >= 4 is 17.8 Å². The van der Waals surface area contributed by atoms with Crippen LogP contribution in [-0.4, -0.2) is 59.8 Å². The second-order valence-electron chi connectivity index (χ2n) is 8.73. The van der Waals surface area contributed by atoms with Crippen molar-refractivity contribution in [3.05, 3.63) is 72.3 Å². The Morgan fingerprint density at radius 1 is 1.05 bits per heavy atom. The monoisotopic (exact) mass is 527 g/mol. The van der Waals surface area contributed by atoms with Gasteiger partial charge in [-0.2, -0.15) is 13.2 Å². The highest BCUT2D eigenvalue weighted by Crippen LogP contribution is 2.31. The number of piperidine rings is 1. The number of halogens is 3. The summed E-state index contributed by atoms with van der Waals surface area (Å²) in [6.07, 6.45) is -1.96. The van der Waals surface area contributed by atoms with E-state index in [1.807, 2.05) is 43.3 Å². The Morgan fingerprint density at radius 2 is 1.86 bits per heavy atom. The maximum absolute atomic E-state index is 12.7. The molecule has 3 aromatic heterocycles. The molecule has 0 amide bonds. The third-order valence-corrected chi connectivity index (χ3v) is 7.07. The molecule has 37 heavy (non-hydrogen) atoms. The first kappa shape index (κ1) is 25.2. The lowest BCUT2D eigenvalue weighted by molar-refractivity contribution is -0.137. The lowest BCUT2D eigenvalue weighted by Gasteiger charge is -2.35. The Morgan fingerprint density at radius 3 is 2.51 bits per heavy atom. The van der Waals surface area contributed by atoms with Crippen LogP contribution in [0.1, 0.15) is 17.8 Å². The second kappa shape index (κ2) is 10.5. The molecule has 1 saturated heterocycles. The van der Waals surface area contributed by atoms with Crippen LogP contribution in [-0.2, 0) is 6.18 Å². The standard InChI is InChI=1S/C25H24F3N7OS/c1-15-31-24(34-33-15)21-12-17(8-10-29-21)16-2-5-19(6-3-16)37-35-11-9-20(22(36)14-35)32-23-7-4-18(13-30-23)25(26,27)28/h2-8,10,12-13,20,22,36H,9,11,14H2,1H3,(H,30,32)(H,31,33,34). The number of benzene rings is 1. The third kappa shape index (κ3) is 6.09. The normalized spacial score (nSPS) is 18.6. The van der Waals surface area contributed by atoms with Crippen molar-refractivity contribution in [3.8, 4) is 22.6 Å². The second-order valence-corrected chi connectivity index (χ2v) is 9.90. The number of nitrogens with one attached hydrogen (secondary N) is 2. The lowest BCUT2D eigenvalue weighted by Crippen LogP contribution is -2.47. The zero-order chi connectivity index (χ0) is 26.0. The summed E-state index contributed by atoms with van der Waals surface area (Å²) in [5.74, 6) is 1.66.